The zero-order valence-electron chi connectivity index (χ0n) is 10.4. The molecule has 100 valence electrons. The van der Waals surface area contributed by atoms with Gasteiger partial charge in [0.1, 0.15) is 0 Å². The Labute approximate surface area is 110 Å². The quantitative estimate of drug-likeness (QED) is 0.454. The van der Waals surface area contributed by atoms with Gasteiger partial charge in [0, 0.05) is 19.7 Å². The van der Waals surface area contributed by atoms with E-state index in [0.29, 0.717) is 6.54 Å². The van der Waals surface area contributed by atoms with E-state index >= 15 is 0 Å². The van der Waals surface area contributed by atoms with E-state index in [2.05, 4.69) is 0 Å². The predicted octanol–water partition coefficient (Wildman–Crippen LogP) is 1.20. The molecule has 0 aliphatic carbocycles. The minimum atomic E-state index is -0.625. The van der Waals surface area contributed by atoms with E-state index < -0.39 is 11.0 Å². The first-order chi connectivity index (χ1) is 9.13. The summed E-state index contributed by atoms with van der Waals surface area (Å²) in [5, 5.41) is 10.4. The Bertz CT molecular complexity index is 501. The summed E-state index contributed by atoms with van der Waals surface area (Å²) >= 11 is 0. The summed E-state index contributed by atoms with van der Waals surface area (Å²) in [6.45, 7) is 0.423. The number of β-lactam (4-membered cyclic amide) rings is 1. The minimum Gasteiger partial charge on any atom is -0.369 e. The van der Waals surface area contributed by atoms with Gasteiger partial charge in [0.05, 0.1) is 11.0 Å². The standard InChI is InChI=1S/C13H14N2O4/c1-19-12-11(7-8-15(17)18)14(13(12)16)9-10-5-3-2-4-6-10/h2-8,11-12H,9H2,1H3/b8-7+/t11-,12-/m1/s1. The minimum absolute atomic E-state index is 0.149. The van der Waals surface area contributed by atoms with E-state index in [1.54, 1.807) is 4.90 Å². The molecule has 0 unspecified atom stereocenters. The second-order valence-corrected chi connectivity index (χ2v) is 4.23. The average molecular weight is 262 g/mol. The topological polar surface area (TPSA) is 72.7 Å². The van der Waals surface area contributed by atoms with Gasteiger partial charge in [0.2, 0.25) is 6.20 Å². The van der Waals surface area contributed by atoms with Crippen molar-refractivity contribution < 1.29 is 14.5 Å². The maximum atomic E-state index is 11.8. The molecular formula is C13H14N2O4. The van der Waals surface area contributed by atoms with Crippen LogP contribution in [-0.2, 0) is 16.1 Å². The van der Waals surface area contributed by atoms with E-state index in [0.717, 1.165) is 11.8 Å². The Kier molecular flexibility index (Phi) is 3.91. The van der Waals surface area contributed by atoms with Crippen molar-refractivity contribution in [3.05, 3.63) is 58.3 Å². The lowest BCUT2D eigenvalue weighted by Crippen LogP contribution is -2.63. The maximum absolute atomic E-state index is 11.8. The fourth-order valence-corrected chi connectivity index (χ4v) is 2.10. The molecule has 0 saturated carbocycles. The molecule has 0 N–H and O–H groups in total. The summed E-state index contributed by atoms with van der Waals surface area (Å²) in [6.07, 6.45) is 1.61. The number of nitro groups is 1. The van der Waals surface area contributed by atoms with Crippen LogP contribution in [0, 0.1) is 10.1 Å². The van der Waals surface area contributed by atoms with Crippen molar-refractivity contribution in [3.8, 4) is 0 Å². The van der Waals surface area contributed by atoms with Crippen LogP contribution >= 0.6 is 0 Å². The van der Waals surface area contributed by atoms with Gasteiger partial charge in [-0.25, -0.2) is 0 Å². The Morgan fingerprint density at radius 3 is 2.68 bits per heavy atom. The lowest BCUT2D eigenvalue weighted by atomic mass is 9.96. The van der Waals surface area contributed by atoms with E-state index in [4.69, 9.17) is 4.74 Å². The lowest BCUT2D eigenvalue weighted by molar-refractivity contribution is -0.403. The monoisotopic (exact) mass is 262 g/mol. The van der Waals surface area contributed by atoms with Gasteiger partial charge in [-0.3, -0.25) is 14.9 Å². The van der Waals surface area contributed by atoms with Crippen LogP contribution in [0.2, 0.25) is 0 Å². The summed E-state index contributed by atoms with van der Waals surface area (Å²) in [4.78, 5) is 23.2. The number of likely N-dealkylation sites (tertiary alicyclic amines) is 1. The number of hydrogen-bond donors (Lipinski definition) is 0. The number of hydrogen-bond acceptors (Lipinski definition) is 4. The smallest absolute Gasteiger partial charge is 0.255 e. The first-order valence-corrected chi connectivity index (χ1v) is 5.82. The number of carbonyl (C=O) groups excluding carboxylic acids is 1. The van der Waals surface area contributed by atoms with Crippen molar-refractivity contribution in [2.75, 3.05) is 7.11 Å². The van der Waals surface area contributed by atoms with Crippen LogP contribution in [0.5, 0.6) is 0 Å². The van der Waals surface area contributed by atoms with E-state index in [1.807, 2.05) is 30.3 Å². The summed E-state index contributed by atoms with van der Waals surface area (Å²) in [7, 11) is 1.43. The highest BCUT2D eigenvalue weighted by atomic mass is 16.6. The molecular weight excluding hydrogens is 248 g/mol. The van der Waals surface area contributed by atoms with Crippen LogP contribution in [-0.4, -0.2) is 35.0 Å². The number of ether oxygens (including phenoxy) is 1. The molecule has 0 radical (unpaired) electrons. The zero-order chi connectivity index (χ0) is 13.8. The van der Waals surface area contributed by atoms with Crippen molar-refractivity contribution in [1.82, 2.24) is 4.90 Å². The molecule has 1 saturated heterocycles. The van der Waals surface area contributed by atoms with Crippen LogP contribution in [0.3, 0.4) is 0 Å². The molecule has 1 aromatic rings. The van der Waals surface area contributed by atoms with E-state index in [1.165, 1.54) is 13.2 Å². The third kappa shape index (κ3) is 2.79. The van der Waals surface area contributed by atoms with Crippen molar-refractivity contribution in [3.63, 3.8) is 0 Å². The molecule has 1 fully saturated rings. The molecule has 1 aromatic carbocycles. The normalized spacial score (nSPS) is 22.6. The van der Waals surface area contributed by atoms with Gasteiger partial charge >= 0.3 is 0 Å². The highest BCUT2D eigenvalue weighted by molar-refractivity contribution is 5.89. The average Bonchev–Trinajstić information content (AvgIpc) is 2.41. The number of benzene rings is 1. The Morgan fingerprint density at radius 2 is 2.11 bits per heavy atom. The van der Waals surface area contributed by atoms with Gasteiger partial charge in [0.25, 0.3) is 5.91 Å². The van der Waals surface area contributed by atoms with E-state index in [9.17, 15) is 14.9 Å². The molecule has 1 amide bonds. The van der Waals surface area contributed by atoms with Gasteiger partial charge in [-0.2, -0.15) is 0 Å². The summed E-state index contributed by atoms with van der Waals surface area (Å²) < 4.78 is 5.05. The fraction of sp³-hybridized carbons (Fsp3) is 0.308. The van der Waals surface area contributed by atoms with Gasteiger partial charge in [0.15, 0.2) is 6.10 Å². The Hall–Kier alpha value is -2.21. The summed E-state index contributed by atoms with van der Waals surface area (Å²) in [5.41, 5.74) is 0.977. The second-order valence-electron chi connectivity index (χ2n) is 4.23. The predicted molar refractivity (Wildman–Crippen MR) is 67.7 cm³/mol. The van der Waals surface area contributed by atoms with Crippen LogP contribution in [0.1, 0.15) is 5.56 Å². The van der Waals surface area contributed by atoms with Crippen LogP contribution in [0.25, 0.3) is 0 Å². The summed E-state index contributed by atoms with van der Waals surface area (Å²) in [5.74, 6) is -0.149. The zero-order valence-corrected chi connectivity index (χ0v) is 10.4. The molecule has 0 bridgehead atoms. The number of amides is 1. The number of nitrogens with zero attached hydrogens (tertiary/aromatic N) is 2. The van der Waals surface area contributed by atoms with Gasteiger partial charge in [-0.15, -0.1) is 0 Å². The highest BCUT2D eigenvalue weighted by Gasteiger charge is 2.46. The molecule has 1 aliphatic heterocycles. The number of carbonyl (C=O) groups is 1. The van der Waals surface area contributed by atoms with Gasteiger partial charge in [-0.1, -0.05) is 30.3 Å². The third-order valence-corrected chi connectivity index (χ3v) is 3.05. The summed E-state index contributed by atoms with van der Waals surface area (Å²) in [6, 6.07) is 9.08. The first-order valence-electron chi connectivity index (χ1n) is 5.82. The second kappa shape index (κ2) is 5.62. The molecule has 2 atom stereocenters. The molecule has 1 heterocycles. The van der Waals surface area contributed by atoms with E-state index in [-0.39, 0.29) is 11.9 Å². The van der Waals surface area contributed by atoms with Crippen molar-refractivity contribution in [2.24, 2.45) is 0 Å². The molecule has 2 rings (SSSR count). The number of rotatable bonds is 5. The van der Waals surface area contributed by atoms with Crippen molar-refractivity contribution in [2.45, 2.75) is 18.7 Å². The molecule has 6 heteroatoms. The number of methoxy groups -OCH3 is 1. The molecule has 1 aliphatic rings. The van der Waals surface area contributed by atoms with Crippen molar-refractivity contribution >= 4 is 5.91 Å². The van der Waals surface area contributed by atoms with Crippen LogP contribution < -0.4 is 0 Å². The molecule has 6 nitrogen and oxygen atoms in total. The van der Waals surface area contributed by atoms with Crippen LogP contribution in [0.15, 0.2) is 42.6 Å². The first kappa shape index (κ1) is 13.2. The lowest BCUT2D eigenvalue weighted by Gasteiger charge is -2.44. The SMILES string of the molecule is CO[C@H]1C(=O)N(Cc2ccccc2)[C@@H]1/C=C/[N+](=O)[O-]. The van der Waals surface area contributed by atoms with Gasteiger partial charge in [-0.05, 0) is 5.56 Å². The Morgan fingerprint density at radius 1 is 1.42 bits per heavy atom. The van der Waals surface area contributed by atoms with Crippen molar-refractivity contribution in [1.29, 1.82) is 0 Å². The highest BCUT2D eigenvalue weighted by Crippen LogP contribution is 2.26. The molecule has 19 heavy (non-hydrogen) atoms. The Balaban J connectivity index is 2.10. The largest absolute Gasteiger partial charge is 0.369 e. The maximum Gasteiger partial charge on any atom is 0.255 e. The third-order valence-electron chi connectivity index (χ3n) is 3.05. The van der Waals surface area contributed by atoms with Crippen LogP contribution in [0.4, 0.5) is 0 Å². The molecule has 0 aromatic heterocycles. The molecule has 0 spiro atoms. The van der Waals surface area contributed by atoms with Gasteiger partial charge < -0.3 is 9.64 Å². The fourth-order valence-electron chi connectivity index (χ4n) is 2.10.